The summed E-state index contributed by atoms with van der Waals surface area (Å²) in [5.41, 5.74) is 9.44. The number of nitrogens with zero attached hydrogens (tertiary/aromatic N) is 3. The Bertz CT molecular complexity index is 2140. The molecule has 0 bridgehead atoms. The van der Waals surface area contributed by atoms with Crippen molar-refractivity contribution in [3.05, 3.63) is 139 Å². The van der Waals surface area contributed by atoms with Gasteiger partial charge in [0.25, 0.3) is 0 Å². The van der Waals surface area contributed by atoms with Crippen LogP contribution in [0.5, 0.6) is 0 Å². The second-order valence-corrected chi connectivity index (χ2v) is 11.6. The molecule has 7 aromatic rings. The predicted molar refractivity (Wildman–Crippen MR) is 187 cm³/mol. The maximum Gasteiger partial charge on any atom is 0.365 e. The van der Waals surface area contributed by atoms with E-state index in [-0.39, 0.29) is 5.92 Å². The quantitative estimate of drug-likeness (QED) is 0.107. The van der Waals surface area contributed by atoms with Gasteiger partial charge in [-0.15, -0.1) is 0 Å². The van der Waals surface area contributed by atoms with Crippen LogP contribution in [0, 0.1) is 5.92 Å². The lowest BCUT2D eigenvalue weighted by molar-refractivity contribution is 0.0515. The van der Waals surface area contributed by atoms with Crippen LogP contribution in [0.3, 0.4) is 0 Å². The first-order valence-corrected chi connectivity index (χ1v) is 15.6. The van der Waals surface area contributed by atoms with E-state index < -0.39 is 5.97 Å². The molecule has 0 amide bonds. The van der Waals surface area contributed by atoms with E-state index in [2.05, 4.69) is 96.1 Å². The number of oxime groups is 1. The molecule has 0 saturated heterocycles. The number of fused-ring (bicyclic) bond motifs is 3. The molecule has 0 atom stereocenters. The van der Waals surface area contributed by atoms with E-state index in [1.807, 2.05) is 54.6 Å². The Morgan fingerprint density at radius 2 is 1.35 bits per heavy atom. The van der Waals surface area contributed by atoms with Crippen LogP contribution in [0.25, 0.3) is 55.7 Å². The van der Waals surface area contributed by atoms with Gasteiger partial charge in [0.1, 0.15) is 5.82 Å². The van der Waals surface area contributed by atoms with Crippen LogP contribution in [0.2, 0.25) is 0 Å². The summed E-state index contributed by atoms with van der Waals surface area (Å²) in [7, 11) is 0. The average molecular weight is 603 g/mol. The summed E-state index contributed by atoms with van der Waals surface area (Å²) in [6.07, 6.45) is 0. The number of aryl methyl sites for hydroxylation is 1. The summed E-state index contributed by atoms with van der Waals surface area (Å²) in [6, 6.07) is 42.5. The molecule has 0 unspecified atom stereocenters. The van der Waals surface area contributed by atoms with Gasteiger partial charge < -0.3 is 14.4 Å². The van der Waals surface area contributed by atoms with Gasteiger partial charge in [0.2, 0.25) is 0 Å². The molecule has 0 aliphatic rings. The Kier molecular flexibility index (Phi) is 7.77. The molecule has 226 valence electrons. The predicted octanol–water partition coefficient (Wildman–Crippen LogP) is 9.76. The summed E-state index contributed by atoms with van der Waals surface area (Å²) in [5, 5.41) is 6.60. The van der Waals surface area contributed by atoms with Crippen molar-refractivity contribution in [2.45, 2.75) is 27.3 Å². The molecule has 5 aromatic carbocycles. The van der Waals surface area contributed by atoms with E-state index in [4.69, 9.17) is 9.82 Å². The van der Waals surface area contributed by atoms with Crippen LogP contribution in [0.15, 0.2) is 133 Å². The van der Waals surface area contributed by atoms with Crippen LogP contribution >= 0.6 is 0 Å². The summed E-state index contributed by atoms with van der Waals surface area (Å²) in [6.45, 7) is 7.10. The number of carbonyl (C=O) groups is 1. The van der Waals surface area contributed by atoms with Gasteiger partial charge in [0.05, 0.1) is 22.7 Å². The first-order chi connectivity index (χ1) is 22.5. The number of rotatable bonds is 8. The maximum absolute atomic E-state index is 12.7. The van der Waals surface area contributed by atoms with Gasteiger partial charge in [-0.1, -0.05) is 104 Å². The standard InChI is InChI=1S/C40H34N4O2/c1-4-44-34-22-20-30(36(26(2)3)43-46-40(45)29-18-12-7-13-19-29)24-32(34)33-25-31(21-23-35(33)44)39-41-37(27-14-8-5-9-15-27)38(42-39)28-16-10-6-11-17-28/h5-26H,4H2,1-3H3,(H,41,42)/b43-36+. The van der Waals surface area contributed by atoms with E-state index in [0.29, 0.717) is 11.3 Å². The van der Waals surface area contributed by atoms with Gasteiger partial charge in [-0.2, -0.15) is 0 Å². The number of imidazole rings is 1. The first kappa shape index (κ1) is 29.0. The Balaban J connectivity index is 1.34. The molecule has 2 aromatic heterocycles. The highest BCUT2D eigenvalue weighted by molar-refractivity contribution is 6.13. The van der Waals surface area contributed by atoms with E-state index in [1.165, 1.54) is 0 Å². The van der Waals surface area contributed by atoms with E-state index >= 15 is 0 Å². The minimum atomic E-state index is -0.477. The molecule has 1 N–H and O–H groups in total. The lowest BCUT2D eigenvalue weighted by Gasteiger charge is -2.11. The minimum Gasteiger partial charge on any atom is -0.341 e. The van der Waals surface area contributed by atoms with Crippen molar-refractivity contribution in [1.82, 2.24) is 14.5 Å². The number of H-pyrrole nitrogens is 1. The molecule has 7 rings (SSSR count). The molecule has 0 aliphatic heterocycles. The third-order valence-electron chi connectivity index (χ3n) is 8.35. The van der Waals surface area contributed by atoms with Gasteiger partial charge in [0, 0.05) is 50.6 Å². The Morgan fingerprint density at radius 3 is 2.00 bits per heavy atom. The van der Waals surface area contributed by atoms with Crippen LogP contribution < -0.4 is 0 Å². The fourth-order valence-corrected chi connectivity index (χ4v) is 6.09. The molecule has 0 radical (unpaired) electrons. The monoisotopic (exact) mass is 602 g/mol. The summed E-state index contributed by atoms with van der Waals surface area (Å²) in [4.78, 5) is 26.9. The lowest BCUT2D eigenvalue weighted by Crippen LogP contribution is -2.12. The topological polar surface area (TPSA) is 72.3 Å². The summed E-state index contributed by atoms with van der Waals surface area (Å²) >= 11 is 0. The van der Waals surface area contributed by atoms with Crippen molar-refractivity contribution >= 4 is 33.5 Å². The molecule has 0 fully saturated rings. The largest absolute Gasteiger partial charge is 0.365 e. The normalized spacial score (nSPS) is 11.9. The maximum atomic E-state index is 12.7. The highest BCUT2D eigenvalue weighted by Crippen LogP contribution is 2.36. The molecular formula is C40H34N4O2. The number of hydrogen-bond acceptors (Lipinski definition) is 4. The lowest BCUT2D eigenvalue weighted by atomic mass is 9.98. The van der Waals surface area contributed by atoms with Crippen LogP contribution in [-0.4, -0.2) is 26.2 Å². The van der Waals surface area contributed by atoms with Gasteiger partial charge in [-0.25, -0.2) is 9.78 Å². The number of aromatic amines is 1. The number of benzene rings is 5. The Hall–Kier alpha value is -5.75. The van der Waals surface area contributed by atoms with Crippen LogP contribution in [-0.2, 0) is 11.4 Å². The highest BCUT2D eigenvalue weighted by atomic mass is 16.7. The van der Waals surface area contributed by atoms with E-state index in [9.17, 15) is 4.79 Å². The molecule has 2 heterocycles. The third-order valence-corrected chi connectivity index (χ3v) is 8.35. The smallest absolute Gasteiger partial charge is 0.341 e. The van der Waals surface area contributed by atoms with Crippen molar-refractivity contribution < 1.29 is 9.63 Å². The molecule has 6 nitrogen and oxygen atoms in total. The van der Waals surface area contributed by atoms with E-state index in [1.54, 1.807) is 12.1 Å². The zero-order chi connectivity index (χ0) is 31.6. The molecule has 0 spiro atoms. The zero-order valence-electron chi connectivity index (χ0n) is 26.1. The zero-order valence-corrected chi connectivity index (χ0v) is 26.1. The minimum absolute atomic E-state index is 0.0343. The van der Waals surface area contributed by atoms with Crippen LogP contribution in [0.4, 0.5) is 0 Å². The van der Waals surface area contributed by atoms with Gasteiger partial charge in [0.15, 0.2) is 0 Å². The van der Waals surface area contributed by atoms with Crippen molar-refractivity contribution in [3.63, 3.8) is 0 Å². The Morgan fingerprint density at radius 1 is 0.739 bits per heavy atom. The fourth-order valence-electron chi connectivity index (χ4n) is 6.09. The van der Waals surface area contributed by atoms with Crippen molar-refractivity contribution in [1.29, 1.82) is 0 Å². The molecule has 46 heavy (non-hydrogen) atoms. The number of carbonyl (C=O) groups excluding carboxylic acids is 1. The number of hydrogen-bond donors (Lipinski definition) is 1. The van der Waals surface area contributed by atoms with Crippen molar-refractivity contribution in [2.24, 2.45) is 11.1 Å². The van der Waals surface area contributed by atoms with Gasteiger partial charge in [-0.3, -0.25) is 0 Å². The number of aromatic nitrogens is 3. The second-order valence-electron chi connectivity index (χ2n) is 11.6. The Labute approximate surface area is 268 Å². The fraction of sp³-hybridized carbons (Fsp3) is 0.125. The SMILES string of the molecule is CCn1c2ccc(/C(=N/OC(=O)c3ccccc3)C(C)C)cc2c2cc(-c3nc(-c4ccccc4)c(-c4ccccc4)[nH]3)ccc21. The van der Waals surface area contributed by atoms with Crippen molar-refractivity contribution in [2.75, 3.05) is 0 Å². The van der Waals surface area contributed by atoms with Gasteiger partial charge in [-0.05, 0) is 55.3 Å². The van der Waals surface area contributed by atoms with E-state index in [0.717, 1.165) is 67.8 Å². The summed E-state index contributed by atoms with van der Waals surface area (Å²) in [5.74, 6) is 0.368. The molecule has 0 aliphatic carbocycles. The highest BCUT2D eigenvalue weighted by Gasteiger charge is 2.19. The van der Waals surface area contributed by atoms with Gasteiger partial charge >= 0.3 is 5.97 Å². The van der Waals surface area contributed by atoms with Crippen molar-refractivity contribution in [3.8, 4) is 33.9 Å². The third kappa shape index (κ3) is 5.39. The first-order valence-electron chi connectivity index (χ1n) is 15.6. The number of nitrogens with one attached hydrogen (secondary N) is 1. The molecule has 0 saturated carbocycles. The molecule has 6 heteroatoms. The average Bonchev–Trinajstić information content (AvgIpc) is 3.69. The molecular weight excluding hydrogens is 568 g/mol. The summed E-state index contributed by atoms with van der Waals surface area (Å²) < 4.78 is 2.33. The van der Waals surface area contributed by atoms with Crippen LogP contribution in [0.1, 0.15) is 36.7 Å². The second kappa shape index (κ2) is 12.3.